The predicted molar refractivity (Wildman–Crippen MR) is 120 cm³/mol. The molecule has 1 saturated heterocycles. The third kappa shape index (κ3) is 7.30. The summed E-state index contributed by atoms with van der Waals surface area (Å²) >= 11 is 0. The van der Waals surface area contributed by atoms with Crippen LogP contribution in [-0.2, 0) is 14.0 Å². The lowest BCUT2D eigenvalue weighted by Crippen LogP contribution is -2.41. The molecular weight excluding hydrogens is 395 g/mol. The average molecular weight is 428 g/mol. The smallest absolute Gasteiger partial charge is 0.492 e. The summed E-state index contributed by atoms with van der Waals surface area (Å²) in [7, 11) is -0.605. The fourth-order valence-corrected chi connectivity index (χ4v) is 2.77. The Morgan fingerprint density at radius 2 is 1.74 bits per heavy atom. The van der Waals surface area contributed by atoms with Gasteiger partial charge in [0.2, 0.25) is 0 Å². The fourth-order valence-electron chi connectivity index (χ4n) is 2.77. The van der Waals surface area contributed by atoms with Gasteiger partial charge in [0.15, 0.2) is 0 Å². The molecule has 0 spiro atoms. The van der Waals surface area contributed by atoms with E-state index < -0.39 is 30.0 Å². The number of carbonyl (C=O) groups excluding carboxylic acids is 1. The highest BCUT2D eigenvalue weighted by atomic mass is 16.7. The highest BCUT2D eigenvalue weighted by molar-refractivity contribution is 6.56. The molecule has 1 heterocycles. The summed E-state index contributed by atoms with van der Waals surface area (Å²) in [4.78, 5) is 12.2. The van der Waals surface area contributed by atoms with E-state index in [1.165, 1.54) is 0 Å². The number of ether oxygens (including phenoxy) is 2. The van der Waals surface area contributed by atoms with Crippen LogP contribution in [0.2, 0.25) is 0 Å². The standard InChI is InChI=1S/C23H33BN2O5/c1-21(2,3)29-20(27)26-16-18(24-30-22(4,5)23(6,7)31-24)15-17-9-11-19(12-10-17)28-14-8-13-25/h9-12,15H,8,14,16H2,1-7H3,(H,26,27). The SMILES string of the molecule is CC(C)(C)OC(=O)NCC(=Cc1ccc(OCCC#N)cc1)B1OC(C)(C)C(C)(C)O1. The number of rotatable bonds is 7. The maximum absolute atomic E-state index is 12.2. The Balaban J connectivity index is 2.19. The van der Waals surface area contributed by atoms with Crippen molar-refractivity contribution < 1.29 is 23.6 Å². The molecule has 1 N–H and O–H groups in total. The Morgan fingerprint density at radius 1 is 1.16 bits per heavy atom. The van der Waals surface area contributed by atoms with E-state index in [2.05, 4.69) is 5.32 Å². The molecule has 0 saturated carbocycles. The highest BCUT2D eigenvalue weighted by Gasteiger charge is 2.52. The second-order valence-electron chi connectivity index (χ2n) is 9.49. The molecule has 2 rings (SSSR count). The van der Waals surface area contributed by atoms with Crippen molar-refractivity contribution in [2.45, 2.75) is 71.7 Å². The van der Waals surface area contributed by atoms with Gasteiger partial charge in [0.1, 0.15) is 18.0 Å². The van der Waals surface area contributed by atoms with Crippen molar-refractivity contribution in [3.05, 3.63) is 35.3 Å². The molecule has 0 unspecified atom stereocenters. The summed E-state index contributed by atoms with van der Waals surface area (Å²) in [5.41, 5.74) is 0.0908. The van der Waals surface area contributed by atoms with Gasteiger partial charge in [0.25, 0.3) is 0 Å². The number of hydrogen-bond acceptors (Lipinski definition) is 6. The molecule has 1 amide bonds. The number of nitriles is 1. The van der Waals surface area contributed by atoms with Crippen molar-refractivity contribution >= 4 is 19.3 Å². The third-order valence-electron chi connectivity index (χ3n) is 5.11. The molecule has 1 fully saturated rings. The van der Waals surface area contributed by atoms with Crippen LogP contribution < -0.4 is 10.1 Å². The van der Waals surface area contributed by atoms with E-state index in [0.717, 1.165) is 11.0 Å². The van der Waals surface area contributed by atoms with Crippen LogP contribution in [0.25, 0.3) is 6.08 Å². The Hall–Kier alpha value is -2.50. The molecule has 0 radical (unpaired) electrons. The molecular formula is C23H33BN2O5. The van der Waals surface area contributed by atoms with Gasteiger partial charge in [-0.05, 0) is 71.6 Å². The van der Waals surface area contributed by atoms with E-state index in [-0.39, 0.29) is 6.54 Å². The van der Waals surface area contributed by atoms with E-state index in [9.17, 15) is 4.79 Å². The van der Waals surface area contributed by atoms with Gasteiger partial charge in [0, 0.05) is 6.54 Å². The van der Waals surface area contributed by atoms with Gasteiger partial charge in [-0.1, -0.05) is 18.2 Å². The molecule has 31 heavy (non-hydrogen) atoms. The summed E-state index contributed by atoms with van der Waals surface area (Å²) in [6, 6.07) is 9.54. The highest BCUT2D eigenvalue weighted by Crippen LogP contribution is 2.38. The first-order valence-corrected chi connectivity index (χ1v) is 10.5. The molecule has 0 atom stereocenters. The number of amides is 1. The van der Waals surface area contributed by atoms with Crippen molar-refractivity contribution in [3.63, 3.8) is 0 Å². The molecule has 168 valence electrons. The first-order chi connectivity index (χ1) is 14.3. The number of benzene rings is 1. The Morgan fingerprint density at radius 3 is 2.26 bits per heavy atom. The van der Waals surface area contributed by atoms with Crippen LogP contribution in [0.1, 0.15) is 60.5 Å². The minimum Gasteiger partial charge on any atom is -0.493 e. The molecule has 1 aliphatic rings. The lowest BCUT2D eigenvalue weighted by atomic mass is 9.77. The van der Waals surface area contributed by atoms with Crippen LogP contribution in [0.3, 0.4) is 0 Å². The topological polar surface area (TPSA) is 89.8 Å². The van der Waals surface area contributed by atoms with Gasteiger partial charge >= 0.3 is 13.2 Å². The summed E-state index contributed by atoms with van der Waals surface area (Å²) in [6.07, 6.45) is 1.76. The third-order valence-corrected chi connectivity index (χ3v) is 5.11. The van der Waals surface area contributed by atoms with Crippen LogP contribution in [-0.4, -0.2) is 43.2 Å². The molecule has 8 heteroatoms. The van der Waals surface area contributed by atoms with E-state index >= 15 is 0 Å². The number of nitrogens with one attached hydrogen (secondary N) is 1. The van der Waals surface area contributed by atoms with E-state index in [0.29, 0.717) is 18.8 Å². The maximum atomic E-state index is 12.2. The molecule has 7 nitrogen and oxygen atoms in total. The minimum atomic E-state index is -0.605. The van der Waals surface area contributed by atoms with Crippen LogP contribution in [0.15, 0.2) is 29.7 Å². The monoisotopic (exact) mass is 428 g/mol. The molecule has 1 aromatic rings. The predicted octanol–water partition coefficient (Wildman–Crippen LogP) is 4.52. The normalized spacial score (nSPS) is 17.7. The van der Waals surface area contributed by atoms with Crippen molar-refractivity contribution in [1.29, 1.82) is 5.26 Å². The fraction of sp³-hybridized carbons (Fsp3) is 0.565. The number of carbonyl (C=O) groups is 1. The van der Waals surface area contributed by atoms with Gasteiger partial charge in [0.05, 0.1) is 23.7 Å². The first kappa shape index (κ1) is 24.8. The Bertz CT molecular complexity index is 819. The summed E-state index contributed by atoms with van der Waals surface area (Å²) in [6.45, 7) is 14.0. The van der Waals surface area contributed by atoms with Crippen LogP contribution in [0, 0.1) is 11.3 Å². The van der Waals surface area contributed by atoms with Crippen molar-refractivity contribution in [2.75, 3.05) is 13.2 Å². The van der Waals surface area contributed by atoms with Crippen LogP contribution in [0.5, 0.6) is 5.75 Å². The zero-order chi connectivity index (χ0) is 23.3. The molecule has 0 aromatic heterocycles. The Kier molecular flexibility index (Phi) is 7.80. The first-order valence-electron chi connectivity index (χ1n) is 10.5. The van der Waals surface area contributed by atoms with E-state index in [1.807, 2.05) is 84.9 Å². The number of nitrogens with zero attached hydrogens (tertiary/aromatic N) is 1. The van der Waals surface area contributed by atoms with Crippen molar-refractivity contribution in [1.82, 2.24) is 5.32 Å². The van der Waals surface area contributed by atoms with Crippen molar-refractivity contribution in [3.8, 4) is 11.8 Å². The number of alkyl carbamates (subject to hydrolysis) is 1. The van der Waals surface area contributed by atoms with Crippen LogP contribution >= 0.6 is 0 Å². The van der Waals surface area contributed by atoms with Gasteiger partial charge in [-0.25, -0.2) is 4.79 Å². The maximum Gasteiger partial charge on any atom is 0.492 e. The summed E-state index contributed by atoms with van der Waals surface area (Å²) in [5.74, 6) is 0.691. The molecule has 1 aromatic carbocycles. The molecule has 1 aliphatic heterocycles. The lowest BCUT2D eigenvalue weighted by Gasteiger charge is -2.32. The lowest BCUT2D eigenvalue weighted by molar-refractivity contribution is 0.00578. The Labute approximate surface area is 185 Å². The second kappa shape index (κ2) is 9.76. The summed E-state index contributed by atoms with van der Waals surface area (Å²) in [5, 5.41) is 11.4. The van der Waals surface area contributed by atoms with E-state index in [1.54, 1.807) is 0 Å². The van der Waals surface area contributed by atoms with Gasteiger partial charge in [-0.2, -0.15) is 5.26 Å². The van der Waals surface area contributed by atoms with Gasteiger partial charge in [-0.15, -0.1) is 0 Å². The number of hydrogen-bond donors (Lipinski definition) is 1. The summed E-state index contributed by atoms with van der Waals surface area (Å²) < 4.78 is 23.2. The van der Waals surface area contributed by atoms with Gasteiger partial charge in [-0.3, -0.25) is 0 Å². The second-order valence-corrected chi connectivity index (χ2v) is 9.49. The van der Waals surface area contributed by atoms with Gasteiger partial charge < -0.3 is 24.1 Å². The zero-order valence-electron chi connectivity index (χ0n) is 19.6. The molecule has 0 aliphatic carbocycles. The minimum absolute atomic E-state index is 0.214. The van der Waals surface area contributed by atoms with Crippen molar-refractivity contribution in [2.24, 2.45) is 0 Å². The largest absolute Gasteiger partial charge is 0.493 e. The van der Waals surface area contributed by atoms with E-state index in [4.69, 9.17) is 24.0 Å². The molecule has 0 bridgehead atoms. The quantitative estimate of drug-likeness (QED) is 0.508. The van der Waals surface area contributed by atoms with Crippen LogP contribution in [0.4, 0.5) is 4.79 Å². The average Bonchev–Trinajstić information content (AvgIpc) is 2.86. The zero-order valence-corrected chi connectivity index (χ0v) is 19.6.